The molecule has 108 valence electrons. The second-order valence-electron chi connectivity index (χ2n) is 4.69. The molecule has 0 fully saturated rings. The molecular weight excluding hydrogens is 336 g/mol. The van der Waals surface area contributed by atoms with Gasteiger partial charge in [0.1, 0.15) is 6.61 Å². The van der Waals surface area contributed by atoms with Gasteiger partial charge in [0.05, 0.1) is 29.7 Å². The molecule has 0 spiro atoms. The van der Waals surface area contributed by atoms with Gasteiger partial charge in [-0.15, -0.1) is 0 Å². The van der Waals surface area contributed by atoms with Gasteiger partial charge in [-0.3, -0.25) is 9.97 Å². The van der Waals surface area contributed by atoms with Gasteiger partial charge in [-0.05, 0) is 24.3 Å². The molecule has 0 saturated carbocycles. The second-order valence-corrected chi connectivity index (χ2v) is 5.61. The van der Waals surface area contributed by atoms with E-state index in [2.05, 4.69) is 25.9 Å². The van der Waals surface area contributed by atoms with Crippen LogP contribution in [0.4, 0.5) is 0 Å². The number of ether oxygens (including phenoxy) is 2. The molecule has 1 aliphatic heterocycles. The molecule has 1 aromatic carbocycles. The molecule has 1 aliphatic rings. The van der Waals surface area contributed by atoms with E-state index in [1.807, 2.05) is 0 Å². The molecular formula is C15H13BrN2O3. The predicted molar refractivity (Wildman–Crippen MR) is 78.7 cm³/mol. The number of hydrogen-bond acceptors (Lipinski definition) is 5. The van der Waals surface area contributed by atoms with Gasteiger partial charge in [-0.2, -0.15) is 0 Å². The Hall–Kier alpha value is -1.79. The monoisotopic (exact) mass is 348 g/mol. The summed E-state index contributed by atoms with van der Waals surface area (Å²) in [5, 5.41) is 0. The Morgan fingerprint density at radius 2 is 1.95 bits per heavy atom. The van der Waals surface area contributed by atoms with Crippen molar-refractivity contribution in [1.82, 2.24) is 9.97 Å². The van der Waals surface area contributed by atoms with Crippen molar-refractivity contribution in [1.29, 1.82) is 0 Å². The number of esters is 1. The van der Waals surface area contributed by atoms with Crippen LogP contribution in [0.3, 0.4) is 0 Å². The number of nitrogens with zero attached hydrogens (tertiary/aromatic N) is 2. The van der Waals surface area contributed by atoms with Crippen LogP contribution in [0.1, 0.15) is 21.7 Å². The fourth-order valence-electron chi connectivity index (χ4n) is 2.10. The smallest absolute Gasteiger partial charge is 0.338 e. The molecule has 0 bridgehead atoms. The lowest BCUT2D eigenvalue weighted by Gasteiger charge is -2.23. The first-order valence-corrected chi connectivity index (χ1v) is 7.35. The zero-order chi connectivity index (χ0) is 14.7. The Morgan fingerprint density at radius 3 is 2.71 bits per heavy atom. The van der Waals surface area contributed by atoms with Crippen molar-refractivity contribution in [2.45, 2.75) is 19.1 Å². The Labute approximate surface area is 130 Å². The minimum absolute atomic E-state index is 0.173. The van der Waals surface area contributed by atoms with Crippen LogP contribution >= 0.6 is 15.9 Å². The summed E-state index contributed by atoms with van der Waals surface area (Å²) in [5.41, 5.74) is 2.29. The number of benzene rings is 1. The number of carbonyl (C=O) groups is 1. The summed E-state index contributed by atoms with van der Waals surface area (Å²) >= 11 is 3.33. The first-order chi connectivity index (χ1) is 10.2. The summed E-state index contributed by atoms with van der Waals surface area (Å²) in [4.78, 5) is 20.4. The van der Waals surface area contributed by atoms with Crippen molar-refractivity contribution in [3.63, 3.8) is 0 Å². The zero-order valence-corrected chi connectivity index (χ0v) is 12.7. The highest BCUT2D eigenvalue weighted by molar-refractivity contribution is 9.10. The van der Waals surface area contributed by atoms with Crippen LogP contribution in [-0.2, 0) is 22.5 Å². The maximum atomic E-state index is 11.9. The lowest BCUT2D eigenvalue weighted by molar-refractivity contribution is -0.0245. The molecule has 0 N–H and O–H groups in total. The van der Waals surface area contributed by atoms with Crippen molar-refractivity contribution >= 4 is 21.9 Å². The van der Waals surface area contributed by atoms with Gasteiger partial charge in [0, 0.05) is 23.3 Å². The average molecular weight is 349 g/mol. The highest BCUT2D eigenvalue weighted by Gasteiger charge is 2.22. The fraction of sp³-hybridized carbons (Fsp3) is 0.267. The van der Waals surface area contributed by atoms with Crippen LogP contribution in [0, 0.1) is 0 Å². The van der Waals surface area contributed by atoms with Crippen molar-refractivity contribution in [2.24, 2.45) is 0 Å². The predicted octanol–water partition coefficient (Wildman–Crippen LogP) is 2.54. The highest BCUT2D eigenvalue weighted by Crippen LogP contribution is 2.17. The van der Waals surface area contributed by atoms with E-state index in [1.165, 1.54) is 0 Å². The minimum Gasteiger partial charge on any atom is -0.459 e. The van der Waals surface area contributed by atoms with Gasteiger partial charge in [-0.1, -0.05) is 15.9 Å². The van der Waals surface area contributed by atoms with Crippen molar-refractivity contribution in [2.75, 3.05) is 6.61 Å². The first-order valence-electron chi connectivity index (χ1n) is 6.55. The molecule has 21 heavy (non-hydrogen) atoms. The molecule has 0 unspecified atom stereocenters. The Kier molecular flexibility index (Phi) is 4.26. The number of hydrogen-bond donors (Lipinski definition) is 0. The van der Waals surface area contributed by atoms with Crippen LogP contribution < -0.4 is 0 Å². The maximum absolute atomic E-state index is 11.9. The molecule has 0 amide bonds. The lowest BCUT2D eigenvalue weighted by Crippen LogP contribution is -2.29. The van der Waals surface area contributed by atoms with E-state index in [0.717, 1.165) is 15.9 Å². The molecule has 0 saturated heterocycles. The molecule has 1 atom stereocenters. The molecule has 0 aliphatic carbocycles. The SMILES string of the molecule is O=C(OC[C@@H]1Cc2nccnc2CO1)c1ccc(Br)cc1. The van der Waals surface area contributed by atoms with Crippen LogP contribution in [0.2, 0.25) is 0 Å². The third-order valence-corrected chi connectivity index (χ3v) is 3.75. The Bertz CT molecular complexity index is 646. The zero-order valence-electron chi connectivity index (χ0n) is 11.2. The fourth-order valence-corrected chi connectivity index (χ4v) is 2.37. The largest absolute Gasteiger partial charge is 0.459 e. The van der Waals surface area contributed by atoms with E-state index >= 15 is 0 Å². The molecule has 0 radical (unpaired) electrons. The summed E-state index contributed by atoms with van der Waals surface area (Å²) in [6, 6.07) is 7.04. The molecule has 2 aromatic rings. The number of aromatic nitrogens is 2. The van der Waals surface area contributed by atoms with Gasteiger partial charge in [-0.25, -0.2) is 4.79 Å². The third kappa shape index (κ3) is 3.46. The summed E-state index contributed by atoms with van der Waals surface area (Å²) in [5.74, 6) is -0.351. The van der Waals surface area contributed by atoms with Crippen LogP contribution in [0.15, 0.2) is 41.1 Å². The van der Waals surface area contributed by atoms with Crippen molar-refractivity contribution in [3.05, 3.63) is 58.1 Å². The first kappa shape index (κ1) is 14.2. The van der Waals surface area contributed by atoms with Crippen LogP contribution in [0.25, 0.3) is 0 Å². The second kappa shape index (κ2) is 6.32. The number of halogens is 1. The number of carbonyl (C=O) groups excluding carboxylic acids is 1. The average Bonchev–Trinajstić information content (AvgIpc) is 2.53. The molecule has 1 aromatic heterocycles. The topological polar surface area (TPSA) is 61.3 Å². The van der Waals surface area contributed by atoms with E-state index in [4.69, 9.17) is 9.47 Å². The standard InChI is InChI=1S/C15H13BrN2O3/c16-11-3-1-10(2-4-11)15(19)21-8-12-7-13-14(9-20-12)18-6-5-17-13/h1-6,12H,7-9H2/t12-/m0/s1. The van der Waals surface area contributed by atoms with Gasteiger partial charge in [0.15, 0.2) is 0 Å². The number of rotatable bonds is 3. The molecule has 5 nitrogen and oxygen atoms in total. The van der Waals surface area contributed by atoms with Crippen LogP contribution in [0.5, 0.6) is 0 Å². The minimum atomic E-state index is -0.351. The summed E-state index contributed by atoms with van der Waals surface area (Å²) in [6.07, 6.45) is 3.75. The molecule has 6 heteroatoms. The van der Waals surface area contributed by atoms with E-state index in [1.54, 1.807) is 36.7 Å². The molecule has 3 rings (SSSR count). The van der Waals surface area contributed by atoms with E-state index in [-0.39, 0.29) is 18.7 Å². The Morgan fingerprint density at radius 1 is 1.24 bits per heavy atom. The van der Waals surface area contributed by atoms with E-state index in [0.29, 0.717) is 18.6 Å². The summed E-state index contributed by atoms with van der Waals surface area (Å²) < 4.78 is 11.8. The Balaban J connectivity index is 1.56. The quantitative estimate of drug-likeness (QED) is 0.797. The lowest BCUT2D eigenvalue weighted by atomic mass is 10.1. The third-order valence-electron chi connectivity index (χ3n) is 3.22. The van der Waals surface area contributed by atoms with Gasteiger partial charge in [0.2, 0.25) is 0 Å². The van der Waals surface area contributed by atoms with Crippen molar-refractivity contribution in [3.8, 4) is 0 Å². The van der Waals surface area contributed by atoms with Gasteiger partial charge < -0.3 is 9.47 Å². The van der Waals surface area contributed by atoms with Gasteiger partial charge in [0.25, 0.3) is 0 Å². The van der Waals surface area contributed by atoms with Crippen LogP contribution in [-0.4, -0.2) is 28.6 Å². The maximum Gasteiger partial charge on any atom is 0.338 e. The van der Waals surface area contributed by atoms with Crippen molar-refractivity contribution < 1.29 is 14.3 Å². The highest BCUT2D eigenvalue weighted by atomic mass is 79.9. The normalized spacial score (nSPS) is 17.1. The van der Waals surface area contributed by atoms with Gasteiger partial charge >= 0.3 is 5.97 Å². The number of fused-ring (bicyclic) bond motifs is 1. The van der Waals surface area contributed by atoms with E-state index < -0.39 is 0 Å². The van der Waals surface area contributed by atoms with E-state index in [9.17, 15) is 4.79 Å². The molecule has 2 heterocycles. The summed E-state index contributed by atoms with van der Waals surface area (Å²) in [6.45, 7) is 0.620. The summed E-state index contributed by atoms with van der Waals surface area (Å²) in [7, 11) is 0.